The molecule has 116 valence electrons. The summed E-state index contributed by atoms with van der Waals surface area (Å²) in [6.07, 6.45) is -6.28. The van der Waals surface area contributed by atoms with Gasteiger partial charge in [0.15, 0.2) is 0 Å². The number of ether oxygens (including phenoxy) is 1. The van der Waals surface area contributed by atoms with Crippen molar-refractivity contribution in [3.8, 4) is 0 Å². The number of amides is 2. The predicted octanol–water partition coefficient (Wildman–Crippen LogP) is 0.644. The van der Waals surface area contributed by atoms with Gasteiger partial charge in [-0.25, -0.2) is 9.59 Å². The molecule has 0 aromatic carbocycles. The summed E-state index contributed by atoms with van der Waals surface area (Å²) in [5.41, 5.74) is 0. The number of nitrogens with one attached hydrogen (secondary N) is 2. The molecule has 0 aromatic heterocycles. The molecular weight excluding hydrogens is 285 g/mol. The molecule has 0 fully saturated rings. The molecule has 2 amide bonds. The highest BCUT2D eigenvalue weighted by atomic mass is 19.4. The average molecular weight is 300 g/mol. The molecule has 0 rings (SSSR count). The quantitative estimate of drug-likeness (QED) is 0.473. The number of carboxylic acids is 1. The van der Waals surface area contributed by atoms with E-state index in [2.05, 4.69) is 10.1 Å². The van der Waals surface area contributed by atoms with Crippen molar-refractivity contribution in [2.75, 3.05) is 13.7 Å². The van der Waals surface area contributed by atoms with Gasteiger partial charge in [0.05, 0.1) is 13.5 Å². The molecule has 0 unspecified atom stereocenters. The first kappa shape index (κ1) is 18.0. The first-order chi connectivity index (χ1) is 9.15. The van der Waals surface area contributed by atoms with E-state index in [1.807, 2.05) is 5.32 Å². The van der Waals surface area contributed by atoms with Crippen LogP contribution in [-0.4, -0.2) is 48.9 Å². The molecule has 3 N–H and O–H groups in total. The van der Waals surface area contributed by atoms with Crippen molar-refractivity contribution in [3.05, 3.63) is 0 Å². The maximum Gasteiger partial charge on any atom is 0.389 e. The van der Waals surface area contributed by atoms with Crippen LogP contribution >= 0.6 is 0 Å². The van der Waals surface area contributed by atoms with Crippen molar-refractivity contribution >= 4 is 18.0 Å². The van der Waals surface area contributed by atoms with E-state index in [1.165, 1.54) is 0 Å². The molecule has 0 aliphatic rings. The highest BCUT2D eigenvalue weighted by Gasteiger charge is 2.26. The zero-order chi connectivity index (χ0) is 15.8. The number of urea groups is 1. The third kappa shape index (κ3) is 9.00. The van der Waals surface area contributed by atoms with Crippen LogP contribution in [0.2, 0.25) is 0 Å². The number of hydrogen-bond donors (Lipinski definition) is 3. The van der Waals surface area contributed by atoms with E-state index < -0.39 is 43.0 Å². The molecule has 0 saturated heterocycles. The minimum atomic E-state index is -4.31. The molecule has 0 spiro atoms. The number of rotatable bonds is 7. The summed E-state index contributed by atoms with van der Waals surface area (Å²) < 4.78 is 39.7. The Morgan fingerprint density at radius 3 is 2.35 bits per heavy atom. The van der Waals surface area contributed by atoms with Crippen LogP contribution in [0, 0.1) is 0 Å². The summed E-state index contributed by atoms with van der Waals surface area (Å²) in [6.45, 7) is -0.268. The number of hydrogen-bond acceptors (Lipinski definition) is 4. The first-order valence-corrected chi connectivity index (χ1v) is 5.56. The third-order valence-electron chi connectivity index (χ3n) is 2.12. The van der Waals surface area contributed by atoms with Crippen molar-refractivity contribution in [1.29, 1.82) is 0 Å². The molecule has 1 atom stereocenters. The lowest BCUT2D eigenvalue weighted by Crippen LogP contribution is -2.47. The second kappa shape index (κ2) is 8.23. The third-order valence-corrected chi connectivity index (χ3v) is 2.12. The summed E-state index contributed by atoms with van der Waals surface area (Å²) in [7, 11) is 1.05. The van der Waals surface area contributed by atoms with Gasteiger partial charge in [0.25, 0.3) is 0 Å². The van der Waals surface area contributed by atoms with Gasteiger partial charge in [-0.15, -0.1) is 0 Å². The average Bonchev–Trinajstić information content (AvgIpc) is 2.32. The SMILES string of the molecule is COC(=O)C[C@H](NC(=O)NCCCC(F)(F)F)C(=O)O. The van der Waals surface area contributed by atoms with Gasteiger partial charge in [-0.3, -0.25) is 4.79 Å². The Labute approximate surface area is 112 Å². The molecule has 0 radical (unpaired) electrons. The first-order valence-electron chi connectivity index (χ1n) is 5.56. The molecule has 0 aliphatic heterocycles. The topological polar surface area (TPSA) is 105 Å². The Kier molecular flexibility index (Phi) is 7.40. The molecular formula is C10H15F3N2O5. The van der Waals surface area contributed by atoms with Crippen molar-refractivity contribution < 1.29 is 37.4 Å². The molecule has 0 aliphatic carbocycles. The van der Waals surface area contributed by atoms with Gasteiger partial charge < -0.3 is 20.5 Å². The van der Waals surface area contributed by atoms with Crippen LogP contribution in [0.25, 0.3) is 0 Å². The lowest BCUT2D eigenvalue weighted by atomic mass is 10.2. The van der Waals surface area contributed by atoms with Crippen LogP contribution in [0.1, 0.15) is 19.3 Å². The van der Waals surface area contributed by atoms with Crippen molar-refractivity contribution in [3.63, 3.8) is 0 Å². The van der Waals surface area contributed by atoms with E-state index in [4.69, 9.17) is 5.11 Å². The lowest BCUT2D eigenvalue weighted by Gasteiger charge is -2.14. The van der Waals surface area contributed by atoms with Gasteiger partial charge >= 0.3 is 24.1 Å². The number of aliphatic carboxylic acids is 1. The molecule has 0 bridgehead atoms. The summed E-state index contributed by atoms with van der Waals surface area (Å²) in [5, 5.41) is 12.8. The number of carbonyl (C=O) groups excluding carboxylic acids is 2. The molecule has 0 aromatic rings. The summed E-state index contributed by atoms with van der Waals surface area (Å²) in [4.78, 5) is 32.9. The highest BCUT2D eigenvalue weighted by Crippen LogP contribution is 2.20. The second-order valence-electron chi connectivity index (χ2n) is 3.79. The number of carboxylic acid groups (broad SMARTS) is 1. The van der Waals surface area contributed by atoms with Gasteiger partial charge in [0, 0.05) is 13.0 Å². The number of esters is 1. The molecule has 0 heterocycles. The highest BCUT2D eigenvalue weighted by molar-refractivity contribution is 5.86. The van der Waals surface area contributed by atoms with Crippen molar-refractivity contribution in [1.82, 2.24) is 10.6 Å². The van der Waals surface area contributed by atoms with E-state index >= 15 is 0 Å². The Morgan fingerprint density at radius 2 is 1.90 bits per heavy atom. The fourth-order valence-corrected chi connectivity index (χ4v) is 1.15. The van der Waals surface area contributed by atoms with Gasteiger partial charge in [-0.05, 0) is 6.42 Å². The van der Waals surface area contributed by atoms with E-state index in [-0.39, 0.29) is 13.0 Å². The van der Waals surface area contributed by atoms with E-state index in [1.54, 1.807) is 0 Å². The fourth-order valence-electron chi connectivity index (χ4n) is 1.15. The number of methoxy groups -OCH3 is 1. The summed E-state index contributed by atoms with van der Waals surface area (Å²) >= 11 is 0. The van der Waals surface area contributed by atoms with Crippen LogP contribution in [0.5, 0.6) is 0 Å². The van der Waals surface area contributed by atoms with Gasteiger partial charge in [0.2, 0.25) is 0 Å². The van der Waals surface area contributed by atoms with E-state index in [0.29, 0.717) is 0 Å². The zero-order valence-corrected chi connectivity index (χ0v) is 10.6. The second-order valence-corrected chi connectivity index (χ2v) is 3.79. The van der Waals surface area contributed by atoms with Gasteiger partial charge in [-0.2, -0.15) is 13.2 Å². The smallest absolute Gasteiger partial charge is 0.389 e. The largest absolute Gasteiger partial charge is 0.480 e. The lowest BCUT2D eigenvalue weighted by molar-refractivity contribution is -0.147. The summed E-state index contributed by atoms with van der Waals surface area (Å²) in [6, 6.07) is -2.48. The van der Waals surface area contributed by atoms with Crippen molar-refractivity contribution in [2.24, 2.45) is 0 Å². The van der Waals surface area contributed by atoms with Crippen LogP contribution in [0.3, 0.4) is 0 Å². The molecule has 10 heteroatoms. The van der Waals surface area contributed by atoms with Gasteiger partial charge in [-0.1, -0.05) is 0 Å². The van der Waals surface area contributed by atoms with Crippen LogP contribution in [0.4, 0.5) is 18.0 Å². The van der Waals surface area contributed by atoms with Crippen LogP contribution in [-0.2, 0) is 14.3 Å². The monoisotopic (exact) mass is 300 g/mol. The van der Waals surface area contributed by atoms with E-state index in [0.717, 1.165) is 7.11 Å². The Balaban J connectivity index is 4.08. The minimum absolute atomic E-state index is 0.268. The zero-order valence-electron chi connectivity index (χ0n) is 10.6. The standard InChI is InChI=1S/C10H15F3N2O5/c1-20-7(16)5-6(8(17)18)15-9(19)14-4-2-3-10(11,12)13/h6H,2-5H2,1H3,(H,17,18)(H2,14,15,19)/t6-/m0/s1. The van der Waals surface area contributed by atoms with Crippen LogP contribution < -0.4 is 10.6 Å². The Bertz CT molecular complexity index is 359. The normalized spacial score (nSPS) is 12.4. The number of carbonyl (C=O) groups is 3. The van der Waals surface area contributed by atoms with Gasteiger partial charge in [0.1, 0.15) is 6.04 Å². The number of halogens is 3. The minimum Gasteiger partial charge on any atom is -0.480 e. The fraction of sp³-hybridized carbons (Fsp3) is 0.700. The maximum absolute atomic E-state index is 11.8. The Hall–Kier alpha value is -2.00. The van der Waals surface area contributed by atoms with E-state index in [9.17, 15) is 27.6 Å². The Morgan fingerprint density at radius 1 is 1.30 bits per heavy atom. The maximum atomic E-state index is 11.8. The predicted molar refractivity (Wildman–Crippen MR) is 59.9 cm³/mol. The number of alkyl halides is 3. The molecule has 20 heavy (non-hydrogen) atoms. The summed E-state index contributed by atoms with van der Waals surface area (Å²) in [5.74, 6) is -2.30. The molecule has 0 saturated carbocycles. The van der Waals surface area contributed by atoms with Crippen LogP contribution in [0.15, 0.2) is 0 Å². The van der Waals surface area contributed by atoms with Crippen molar-refractivity contribution in [2.45, 2.75) is 31.5 Å². The molecule has 7 nitrogen and oxygen atoms in total.